The van der Waals surface area contributed by atoms with Gasteiger partial charge in [0, 0.05) is 17.6 Å². The predicted octanol–water partition coefficient (Wildman–Crippen LogP) is 2.80. The van der Waals surface area contributed by atoms with Crippen molar-refractivity contribution in [3.8, 4) is 0 Å². The monoisotopic (exact) mass is 308 g/mol. The van der Waals surface area contributed by atoms with Crippen molar-refractivity contribution in [1.29, 1.82) is 0 Å². The van der Waals surface area contributed by atoms with E-state index in [1.807, 2.05) is 18.2 Å². The summed E-state index contributed by atoms with van der Waals surface area (Å²) in [5.41, 5.74) is 0.801. The van der Waals surface area contributed by atoms with Crippen LogP contribution >= 0.6 is 11.6 Å². The Morgan fingerprint density at radius 2 is 1.71 bits per heavy atom. The number of hydrogen-bond donors (Lipinski definition) is 2. The van der Waals surface area contributed by atoms with Gasteiger partial charge in [0.05, 0.1) is 0 Å². The average Bonchev–Trinajstić information content (AvgIpc) is 2.74. The fraction of sp³-hybridized carbons (Fsp3) is 0.500. The molecule has 0 aromatic heterocycles. The van der Waals surface area contributed by atoms with Gasteiger partial charge in [-0.05, 0) is 24.5 Å². The van der Waals surface area contributed by atoms with Crippen LogP contribution in [0.2, 0.25) is 5.02 Å². The summed E-state index contributed by atoms with van der Waals surface area (Å²) in [6.07, 6.45) is 6.58. The lowest BCUT2D eigenvalue weighted by Gasteiger charge is -2.15. The van der Waals surface area contributed by atoms with Crippen LogP contribution in [0.3, 0.4) is 0 Å². The molecule has 1 fully saturated rings. The molecule has 21 heavy (non-hydrogen) atoms. The van der Waals surface area contributed by atoms with Crippen molar-refractivity contribution >= 4 is 23.4 Å². The lowest BCUT2D eigenvalue weighted by atomic mass is 10.1. The van der Waals surface area contributed by atoms with Gasteiger partial charge in [-0.1, -0.05) is 55.5 Å². The van der Waals surface area contributed by atoms with Gasteiger partial charge in [-0.2, -0.15) is 0 Å². The summed E-state index contributed by atoms with van der Waals surface area (Å²) < 4.78 is 0. The van der Waals surface area contributed by atoms with Gasteiger partial charge in [-0.3, -0.25) is 9.59 Å². The number of benzene rings is 1. The third-order valence-corrected chi connectivity index (χ3v) is 4.16. The van der Waals surface area contributed by atoms with Crippen molar-refractivity contribution in [3.05, 3.63) is 34.9 Å². The van der Waals surface area contributed by atoms with E-state index in [1.165, 1.54) is 12.8 Å². The zero-order valence-electron chi connectivity index (χ0n) is 12.0. The summed E-state index contributed by atoms with van der Waals surface area (Å²) in [5, 5.41) is 6.02. The molecule has 4 nitrogen and oxygen atoms in total. The van der Waals surface area contributed by atoms with Gasteiger partial charge in [0.2, 0.25) is 0 Å². The zero-order valence-corrected chi connectivity index (χ0v) is 12.8. The molecule has 1 aliphatic carbocycles. The molecule has 1 aromatic carbocycles. The number of halogens is 1. The fourth-order valence-electron chi connectivity index (χ4n) is 2.57. The van der Waals surface area contributed by atoms with Crippen LogP contribution in [0.4, 0.5) is 0 Å². The maximum Gasteiger partial charge on any atom is 0.309 e. The first-order valence-corrected chi connectivity index (χ1v) is 7.86. The van der Waals surface area contributed by atoms with Crippen LogP contribution in [0.1, 0.15) is 44.1 Å². The third-order valence-electron chi connectivity index (χ3n) is 3.79. The van der Waals surface area contributed by atoms with E-state index in [0.29, 0.717) is 5.02 Å². The quantitative estimate of drug-likeness (QED) is 0.666. The minimum atomic E-state index is -0.598. The first-order chi connectivity index (χ1) is 10.2. The van der Waals surface area contributed by atoms with Crippen molar-refractivity contribution in [3.63, 3.8) is 0 Å². The molecule has 0 aliphatic heterocycles. The van der Waals surface area contributed by atoms with Crippen LogP contribution in [0, 0.1) is 0 Å². The summed E-state index contributed by atoms with van der Waals surface area (Å²) >= 11 is 6.01. The molecule has 0 saturated heterocycles. The van der Waals surface area contributed by atoms with E-state index in [9.17, 15) is 9.59 Å². The maximum absolute atomic E-state index is 11.9. The smallest absolute Gasteiger partial charge is 0.309 e. The molecule has 0 spiro atoms. The molecule has 1 aromatic rings. The van der Waals surface area contributed by atoms with Crippen LogP contribution in [0.5, 0.6) is 0 Å². The van der Waals surface area contributed by atoms with Gasteiger partial charge in [0.15, 0.2) is 0 Å². The fourth-order valence-corrected chi connectivity index (χ4v) is 2.77. The molecular formula is C16H21ClN2O2. The number of nitrogens with one attached hydrogen (secondary N) is 2. The Hall–Kier alpha value is -1.55. The van der Waals surface area contributed by atoms with Gasteiger partial charge in [0.25, 0.3) is 0 Å². The Morgan fingerprint density at radius 1 is 1.05 bits per heavy atom. The van der Waals surface area contributed by atoms with Gasteiger partial charge < -0.3 is 10.6 Å². The summed E-state index contributed by atoms with van der Waals surface area (Å²) in [6, 6.07) is 7.39. The highest BCUT2D eigenvalue weighted by Crippen LogP contribution is 2.17. The molecule has 1 aliphatic rings. The van der Waals surface area contributed by atoms with Gasteiger partial charge in [-0.15, -0.1) is 0 Å². The maximum atomic E-state index is 11.9. The average molecular weight is 309 g/mol. The standard InChI is InChI=1S/C16H21ClN2O2/c17-14-10-6-5-7-12(14)11-18-15(20)16(21)19-13-8-3-1-2-4-9-13/h5-7,10,13H,1-4,8-9,11H2,(H,18,20)(H,19,21). The van der Waals surface area contributed by atoms with Crippen LogP contribution in [-0.4, -0.2) is 17.9 Å². The largest absolute Gasteiger partial charge is 0.345 e. The number of hydrogen-bond acceptors (Lipinski definition) is 2. The number of rotatable bonds is 3. The highest BCUT2D eigenvalue weighted by atomic mass is 35.5. The van der Waals surface area contributed by atoms with E-state index in [-0.39, 0.29) is 12.6 Å². The van der Waals surface area contributed by atoms with Crippen molar-refractivity contribution in [2.75, 3.05) is 0 Å². The molecular weight excluding hydrogens is 288 g/mol. The second-order valence-corrected chi connectivity index (χ2v) is 5.84. The summed E-state index contributed by atoms with van der Waals surface area (Å²) in [6.45, 7) is 0.261. The topological polar surface area (TPSA) is 58.2 Å². The number of carbonyl (C=O) groups excluding carboxylic acids is 2. The Bertz CT molecular complexity index is 497. The van der Waals surface area contributed by atoms with Crippen LogP contribution in [-0.2, 0) is 16.1 Å². The normalized spacial score (nSPS) is 16.0. The molecule has 0 radical (unpaired) electrons. The Kier molecular flexibility index (Phi) is 6.05. The Balaban J connectivity index is 1.79. The summed E-state index contributed by atoms with van der Waals surface area (Å²) in [4.78, 5) is 23.7. The van der Waals surface area contributed by atoms with Crippen molar-refractivity contribution in [1.82, 2.24) is 10.6 Å². The van der Waals surface area contributed by atoms with Crippen molar-refractivity contribution in [2.24, 2.45) is 0 Å². The second kappa shape index (κ2) is 8.03. The highest BCUT2D eigenvalue weighted by Gasteiger charge is 2.19. The van der Waals surface area contributed by atoms with Crippen LogP contribution in [0.25, 0.3) is 0 Å². The third kappa shape index (κ3) is 5.05. The molecule has 2 amide bonds. The molecule has 0 bridgehead atoms. The van der Waals surface area contributed by atoms with E-state index < -0.39 is 11.8 Å². The van der Waals surface area contributed by atoms with Crippen molar-refractivity contribution in [2.45, 2.75) is 51.1 Å². The lowest BCUT2D eigenvalue weighted by molar-refractivity contribution is -0.139. The molecule has 0 atom stereocenters. The van der Waals surface area contributed by atoms with Gasteiger partial charge in [-0.25, -0.2) is 0 Å². The van der Waals surface area contributed by atoms with Crippen LogP contribution in [0.15, 0.2) is 24.3 Å². The molecule has 2 rings (SSSR count). The molecule has 5 heteroatoms. The minimum Gasteiger partial charge on any atom is -0.345 e. The van der Waals surface area contributed by atoms with Gasteiger partial charge in [0.1, 0.15) is 0 Å². The molecule has 0 unspecified atom stereocenters. The first-order valence-electron chi connectivity index (χ1n) is 7.49. The van der Waals surface area contributed by atoms with Crippen molar-refractivity contribution < 1.29 is 9.59 Å². The Morgan fingerprint density at radius 3 is 2.38 bits per heavy atom. The molecule has 1 saturated carbocycles. The van der Waals surface area contributed by atoms with E-state index in [4.69, 9.17) is 11.6 Å². The molecule has 114 valence electrons. The predicted molar refractivity (Wildman–Crippen MR) is 82.9 cm³/mol. The zero-order chi connectivity index (χ0) is 15.1. The van der Waals surface area contributed by atoms with E-state index in [2.05, 4.69) is 10.6 Å². The summed E-state index contributed by atoms with van der Waals surface area (Å²) in [7, 11) is 0. The number of carbonyl (C=O) groups is 2. The number of amides is 2. The van der Waals surface area contributed by atoms with E-state index in [1.54, 1.807) is 6.07 Å². The summed E-state index contributed by atoms with van der Waals surface area (Å²) in [5.74, 6) is -1.15. The molecule has 2 N–H and O–H groups in total. The minimum absolute atomic E-state index is 0.131. The van der Waals surface area contributed by atoms with E-state index >= 15 is 0 Å². The SMILES string of the molecule is O=C(NCc1ccccc1Cl)C(=O)NC1CCCCCC1. The van der Waals surface area contributed by atoms with E-state index in [0.717, 1.165) is 31.2 Å². The molecule has 0 heterocycles. The highest BCUT2D eigenvalue weighted by molar-refractivity contribution is 6.35. The van der Waals surface area contributed by atoms with Crippen LogP contribution < -0.4 is 10.6 Å². The van der Waals surface area contributed by atoms with Gasteiger partial charge >= 0.3 is 11.8 Å². The Labute approximate surface area is 130 Å². The lowest BCUT2D eigenvalue weighted by Crippen LogP contribution is -2.44. The second-order valence-electron chi connectivity index (χ2n) is 5.44. The first kappa shape index (κ1) is 15.8.